The summed E-state index contributed by atoms with van der Waals surface area (Å²) in [7, 11) is 0. The van der Waals surface area contributed by atoms with Crippen LogP contribution in [0.15, 0.2) is 24.8 Å². The predicted octanol–water partition coefficient (Wildman–Crippen LogP) is 9.99. The average molecular weight is 812 g/mol. The van der Waals surface area contributed by atoms with Crippen molar-refractivity contribution in [3.05, 3.63) is 24.8 Å². The van der Waals surface area contributed by atoms with E-state index in [2.05, 4.69) is 107 Å². The summed E-state index contributed by atoms with van der Waals surface area (Å²) in [5.74, 6) is 0. The van der Waals surface area contributed by atoms with Gasteiger partial charge in [0.1, 0.15) is 0 Å². The number of aromatic nitrogens is 4. The molecule has 0 bridgehead atoms. The molecule has 0 saturated heterocycles. The Morgan fingerprint density at radius 2 is 0.775 bits per heavy atom. The van der Waals surface area contributed by atoms with E-state index in [1.807, 2.05) is 0 Å². The first-order valence-corrected chi connectivity index (χ1v) is 20.4. The van der Waals surface area contributed by atoms with Gasteiger partial charge >= 0.3 is 0 Å². The van der Waals surface area contributed by atoms with E-state index >= 15 is 0 Å². The molecule has 1 aromatic carbocycles. The van der Waals surface area contributed by atoms with Crippen LogP contribution in [0.4, 0.5) is 0 Å². The van der Waals surface area contributed by atoms with E-state index in [9.17, 15) is 0 Å². The Morgan fingerprint density at radius 3 is 1.15 bits per heavy atom. The van der Waals surface area contributed by atoms with E-state index in [0.717, 1.165) is 47.5 Å². The maximum atomic E-state index is 3.59. The number of imidazole rings is 2. The van der Waals surface area contributed by atoms with Gasteiger partial charge in [-0.2, -0.15) is 0 Å². The standard InChI is InChI=1S/C32H52Br4N4/c33-17-9-1-5-13-21-37-27-38(22-14-6-2-10-18-34)30-26-32-31(25-29(30)37)39(23-15-7-3-11-19-35)28-40(32)24-16-8-4-12-20-36/h25-28H,1-24H2/q+2. The maximum Gasteiger partial charge on any atom is 0.244 e. The zero-order valence-corrected chi connectivity index (χ0v) is 30.9. The molecule has 0 spiro atoms. The fourth-order valence-corrected chi connectivity index (χ4v) is 7.28. The second-order valence-electron chi connectivity index (χ2n) is 11.2. The Hall–Kier alpha value is 0.0800. The first-order chi connectivity index (χ1) is 19.7. The van der Waals surface area contributed by atoms with Gasteiger partial charge in [-0.05, 0) is 77.0 Å². The van der Waals surface area contributed by atoms with Crippen LogP contribution in [0.25, 0.3) is 22.1 Å². The van der Waals surface area contributed by atoms with Gasteiger partial charge < -0.3 is 0 Å². The van der Waals surface area contributed by atoms with E-state index in [4.69, 9.17) is 0 Å². The summed E-state index contributed by atoms with van der Waals surface area (Å²) in [6.07, 6.45) is 25.5. The minimum absolute atomic E-state index is 1.11. The van der Waals surface area contributed by atoms with E-state index in [1.165, 1.54) is 125 Å². The van der Waals surface area contributed by atoms with Gasteiger partial charge in [-0.3, -0.25) is 0 Å². The topological polar surface area (TPSA) is 17.6 Å². The lowest BCUT2D eigenvalue weighted by molar-refractivity contribution is -0.676. The van der Waals surface area contributed by atoms with Crippen LogP contribution in [0, 0.1) is 0 Å². The Kier molecular flexibility index (Phi) is 18.1. The normalized spacial score (nSPS) is 11.9. The molecule has 0 aliphatic heterocycles. The smallest absolute Gasteiger partial charge is 0.230 e. The molecule has 2 heterocycles. The largest absolute Gasteiger partial charge is 0.244 e. The number of hydrogen-bond acceptors (Lipinski definition) is 0. The minimum atomic E-state index is 1.11. The maximum absolute atomic E-state index is 3.59. The van der Waals surface area contributed by atoms with Gasteiger partial charge in [-0.1, -0.05) is 89.4 Å². The highest BCUT2D eigenvalue weighted by Gasteiger charge is 2.23. The second kappa shape index (κ2) is 20.9. The van der Waals surface area contributed by atoms with E-state index in [-0.39, 0.29) is 0 Å². The molecule has 0 amide bonds. The molecular formula is C32H52Br4N4+2. The van der Waals surface area contributed by atoms with Crippen LogP contribution >= 0.6 is 63.7 Å². The monoisotopic (exact) mass is 808 g/mol. The van der Waals surface area contributed by atoms with Crippen molar-refractivity contribution in [1.82, 2.24) is 9.13 Å². The van der Waals surface area contributed by atoms with E-state index < -0.39 is 0 Å². The Morgan fingerprint density at radius 1 is 0.425 bits per heavy atom. The molecule has 0 N–H and O–H groups in total. The highest BCUT2D eigenvalue weighted by atomic mass is 79.9. The quantitative estimate of drug-likeness (QED) is 0.0487. The van der Waals surface area contributed by atoms with Crippen LogP contribution in [0.5, 0.6) is 0 Å². The highest BCUT2D eigenvalue weighted by Crippen LogP contribution is 2.22. The van der Waals surface area contributed by atoms with Crippen molar-refractivity contribution in [2.45, 2.75) is 129 Å². The lowest BCUT2D eigenvalue weighted by Crippen LogP contribution is -2.34. The third kappa shape index (κ3) is 11.3. The van der Waals surface area contributed by atoms with Gasteiger partial charge in [0.05, 0.1) is 26.2 Å². The van der Waals surface area contributed by atoms with Crippen molar-refractivity contribution in [1.29, 1.82) is 0 Å². The Bertz CT molecular complexity index is 931. The summed E-state index contributed by atoms with van der Waals surface area (Å²) in [6, 6.07) is 5.04. The van der Waals surface area contributed by atoms with Crippen molar-refractivity contribution in [3.63, 3.8) is 0 Å². The number of nitrogens with zero attached hydrogens (tertiary/aromatic N) is 4. The molecule has 0 radical (unpaired) electrons. The van der Waals surface area contributed by atoms with Crippen molar-refractivity contribution in [2.24, 2.45) is 0 Å². The number of unbranched alkanes of at least 4 members (excludes halogenated alkanes) is 12. The van der Waals surface area contributed by atoms with E-state index in [1.54, 1.807) is 0 Å². The second-order valence-corrected chi connectivity index (χ2v) is 14.4. The van der Waals surface area contributed by atoms with Crippen LogP contribution in [-0.2, 0) is 26.2 Å². The number of alkyl halides is 4. The van der Waals surface area contributed by atoms with Gasteiger partial charge in [0.15, 0.2) is 22.1 Å². The molecule has 8 heteroatoms. The number of benzene rings is 1. The van der Waals surface area contributed by atoms with Crippen molar-refractivity contribution in [2.75, 3.05) is 21.3 Å². The fraction of sp³-hybridized carbons (Fsp3) is 0.750. The van der Waals surface area contributed by atoms with Crippen LogP contribution in [0.1, 0.15) is 103 Å². The molecule has 0 atom stereocenters. The molecule has 0 aliphatic rings. The summed E-state index contributed by atoms with van der Waals surface area (Å²) >= 11 is 14.4. The van der Waals surface area contributed by atoms with Gasteiger partial charge in [0.2, 0.25) is 12.7 Å². The molecule has 0 saturated carbocycles. The first kappa shape index (κ1) is 34.6. The molecule has 0 aliphatic carbocycles. The van der Waals surface area contributed by atoms with Gasteiger partial charge in [0.25, 0.3) is 0 Å². The Labute approximate surface area is 277 Å². The molecule has 4 nitrogen and oxygen atoms in total. The van der Waals surface area contributed by atoms with Gasteiger partial charge in [-0.15, -0.1) is 0 Å². The number of halogens is 4. The summed E-state index contributed by atoms with van der Waals surface area (Å²) < 4.78 is 10.2. The summed E-state index contributed by atoms with van der Waals surface area (Å²) in [6.45, 7) is 4.45. The Balaban J connectivity index is 1.89. The number of hydrogen-bond donors (Lipinski definition) is 0. The lowest BCUT2D eigenvalue weighted by atomic mass is 10.2. The lowest BCUT2D eigenvalue weighted by Gasteiger charge is -2.01. The SMILES string of the molecule is BrCCCCCCn1c[n+](CCCCCCBr)c2cc3c(cc21)n(CCCCCCBr)c[n+]3CCCCCCBr. The summed E-state index contributed by atoms with van der Waals surface area (Å²) in [4.78, 5) is 0. The summed E-state index contributed by atoms with van der Waals surface area (Å²) in [5.41, 5.74) is 5.65. The molecule has 3 rings (SSSR count). The molecular weight excluding hydrogens is 760 g/mol. The van der Waals surface area contributed by atoms with Gasteiger partial charge in [0, 0.05) is 33.5 Å². The van der Waals surface area contributed by atoms with E-state index in [0.29, 0.717) is 0 Å². The van der Waals surface area contributed by atoms with Crippen molar-refractivity contribution >= 4 is 85.8 Å². The number of aryl methyl sites for hydroxylation is 4. The minimum Gasteiger partial charge on any atom is -0.230 e. The first-order valence-electron chi connectivity index (χ1n) is 15.9. The van der Waals surface area contributed by atoms with Crippen LogP contribution in [0.2, 0.25) is 0 Å². The molecule has 2 aromatic heterocycles. The van der Waals surface area contributed by atoms with Crippen molar-refractivity contribution < 1.29 is 9.13 Å². The van der Waals surface area contributed by atoms with Gasteiger partial charge in [-0.25, -0.2) is 18.3 Å². The van der Waals surface area contributed by atoms with Crippen LogP contribution in [0.3, 0.4) is 0 Å². The third-order valence-corrected chi connectivity index (χ3v) is 10.2. The molecule has 3 aromatic rings. The van der Waals surface area contributed by atoms with Crippen LogP contribution < -0.4 is 9.13 Å². The molecule has 226 valence electrons. The zero-order valence-electron chi connectivity index (χ0n) is 24.6. The van der Waals surface area contributed by atoms with Crippen LogP contribution in [-0.4, -0.2) is 30.5 Å². The molecule has 0 unspecified atom stereocenters. The van der Waals surface area contributed by atoms with Crippen molar-refractivity contribution in [3.8, 4) is 0 Å². The number of fused-ring (bicyclic) bond motifs is 2. The number of rotatable bonds is 24. The molecule has 40 heavy (non-hydrogen) atoms. The summed E-state index contributed by atoms with van der Waals surface area (Å²) in [5, 5.41) is 4.48. The third-order valence-electron chi connectivity index (χ3n) is 8.00. The predicted molar refractivity (Wildman–Crippen MR) is 187 cm³/mol. The fourth-order valence-electron chi connectivity index (χ4n) is 5.69. The zero-order chi connectivity index (χ0) is 28.4. The molecule has 0 fully saturated rings. The highest BCUT2D eigenvalue weighted by molar-refractivity contribution is 9.09. The average Bonchev–Trinajstić information content (AvgIpc) is 3.48.